The zero-order valence-electron chi connectivity index (χ0n) is 10.8. The van der Waals surface area contributed by atoms with Crippen LogP contribution in [-0.4, -0.2) is 20.7 Å². The summed E-state index contributed by atoms with van der Waals surface area (Å²) in [6.45, 7) is 0. The fourth-order valence-electron chi connectivity index (χ4n) is 2.14. The quantitative estimate of drug-likeness (QED) is 0.480. The summed E-state index contributed by atoms with van der Waals surface area (Å²) in [5.41, 5.74) is 6.13. The van der Waals surface area contributed by atoms with Crippen LogP contribution in [0.5, 0.6) is 0 Å². The molecule has 8 heteroatoms. The van der Waals surface area contributed by atoms with Crippen molar-refractivity contribution in [2.45, 2.75) is 0 Å². The number of carboxylic acid groups (broad SMARTS) is 1. The van der Waals surface area contributed by atoms with E-state index >= 15 is 0 Å². The summed E-state index contributed by atoms with van der Waals surface area (Å²) in [6, 6.07) is 2.22. The average Bonchev–Trinajstić information content (AvgIpc) is 2.71. The maximum Gasteiger partial charge on any atom is 1.00 e. The molecule has 0 spiro atoms. The number of anilines is 1. The van der Waals surface area contributed by atoms with Crippen LogP contribution < -0.4 is 29.7 Å². The SMILES string of the molecule is Cn1ncc2c(N)nc3cc(F)c(C(=O)[O-])cc3c21.[Li+]. The summed E-state index contributed by atoms with van der Waals surface area (Å²) in [6.07, 6.45) is 1.53. The minimum Gasteiger partial charge on any atom is -0.545 e. The molecule has 3 aromatic rings. The summed E-state index contributed by atoms with van der Waals surface area (Å²) in [5, 5.41) is 16.0. The Labute approximate surface area is 124 Å². The Kier molecular flexibility index (Phi) is 3.42. The number of hydrogen-bond acceptors (Lipinski definition) is 5. The topological polar surface area (TPSA) is 96.9 Å². The van der Waals surface area contributed by atoms with Crippen LogP contribution >= 0.6 is 0 Å². The fraction of sp³-hybridized carbons (Fsp3) is 0.0833. The second kappa shape index (κ2) is 4.78. The molecule has 20 heavy (non-hydrogen) atoms. The molecule has 2 aromatic heterocycles. The molecule has 0 aliphatic heterocycles. The van der Waals surface area contributed by atoms with E-state index in [4.69, 9.17) is 5.73 Å². The number of nitrogens with zero attached hydrogens (tertiary/aromatic N) is 3. The van der Waals surface area contributed by atoms with Gasteiger partial charge < -0.3 is 15.6 Å². The molecule has 3 rings (SSSR count). The van der Waals surface area contributed by atoms with Gasteiger partial charge in [-0.25, -0.2) is 9.37 Å². The molecule has 0 aliphatic rings. The van der Waals surface area contributed by atoms with E-state index in [1.807, 2.05) is 0 Å². The molecule has 0 fully saturated rings. The summed E-state index contributed by atoms with van der Waals surface area (Å²) >= 11 is 0. The first-order valence-corrected chi connectivity index (χ1v) is 5.41. The Morgan fingerprint density at radius 2 is 2.10 bits per heavy atom. The van der Waals surface area contributed by atoms with Gasteiger partial charge in [0.15, 0.2) is 0 Å². The Morgan fingerprint density at radius 3 is 2.75 bits per heavy atom. The molecular weight excluding hydrogens is 258 g/mol. The van der Waals surface area contributed by atoms with Crippen molar-refractivity contribution >= 4 is 33.6 Å². The number of aromatic nitrogens is 3. The van der Waals surface area contributed by atoms with Crippen LogP contribution in [0.2, 0.25) is 0 Å². The van der Waals surface area contributed by atoms with E-state index in [0.717, 1.165) is 6.07 Å². The van der Waals surface area contributed by atoms with Crippen LogP contribution in [0.3, 0.4) is 0 Å². The minimum atomic E-state index is -1.58. The molecule has 0 amide bonds. The number of halogens is 1. The van der Waals surface area contributed by atoms with Crippen molar-refractivity contribution in [1.82, 2.24) is 14.8 Å². The standard InChI is InChI=1S/C12H9FN4O2.Li/c1-17-10-6-2-5(12(18)19)8(13)3-9(6)16-11(14)7(10)4-15-17;/h2-4H,1H3,(H2,14,16)(H,18,19);/q;+1/p-1. The fourth-order valence-corrected chi connectivity index (χ4v) is 2.14. The molecule has 96 valence electrons. The number of aryl methyl sites for hydroxylation is 1. The van der Waals surface area contributed by atoms with E-state index in [1.165, 1.54) is 16.9 Å². The number of rotatable bonds is 1. The molecular formula is C12H8FLiN4O2. The van der Waals surface area contributed by atoms with Crippen molar-refractivity contribution in [3.05, 3.63) is 29.7 Å². The minimum absolute atomic E-state index is 0. The van der Waals surface area contributed by atoms with Crippen molar-refractivity contribution in [2.75, 3.05) is 5.73 Å². The third kappa shape index (κ3) is 1.92. The van der Waals surface area contributed by atoms with Gasteiger partial charge in [0.25, 0.3) is 0 Å². The van der Waals surface area contributed by atoms with E-state index < -0.39 is 17.3 Å². The van der Waals surface area contributed by atoms with Crippen molar-refractivity contribution in [2.24, 2.45) is 7.05 Å². The van der Waals surface area contributed by atoms with Gasteiger partial charge in [0, 0.05) is 24.1 Å². The summed E-state index contributed by atoms with van der Waals surface area (Å²) in [4.78, 5) is 14.9. The van der Waals surface area contributed by atoms with Crippen LogP contribution in [0.1, 0.15) is 10.4 Å². The number of nitrogen functional groups attached to an aromatic ring is 1. The zero-order valence-corrected chi connectivity index (χ0v) is 10.8. The van der Waals surface area contributed by atoms with Crippen LogP contribution in [-0.2, 0) is 7.05 Å². The van der Waals surface area contributed by atoms with Crippen molar-refractivity contribution in [3.8, 4) is 0 Å². The zero-order chi connectivity index (χ0) is 13.7. The molecule has 0 saturated carbocycles. The van der Waals surface area contributed by atoms with Crippen LogP contribution in [0.4, 0.5) is 10.2 Å². The maximum absolute atomic E-state index is 13.6. The summed E-state index contributed by atoms with van der Waals surface area (Å²) < 4.78 is 15.1. The number of aromatic carboxylic acids is 1. The van der Waals surface area contributed by atoms with Gasteiger partial charge in [-0.15, -0.1) is 0 Å². The number of carboxylic acids is 1. The Hall–Kier alpha value is -2.10. The number of carbonyl (C=O) groups excluding carboxylic acids is 1. The Bertz CT molecular complexity index is 846. The molecule has 0 unspecified atom stereocenters. The van der Waals surface area contributed by atoms with Gasteiger partial charge in [0.2, 0.25) is 0 Å². The number of hydrogen-bond donors (Lipinski definition) is 1. The molecule has 2 heterocycles. The average molecular weight is 266 g/mol. The van der Waals surface area contributed by atoms with Gasteiger partial charge in [-0.2, -0.15) is 5.10 Å². The second-order valence-corrected chi connectivity index (χ2v) is 4.16. The molecule has 0 saturated heterocycles. The van der Waals surface area contributed by atoms with Crippen LogP contribution in [0.25, 0.3) is 21.8 Å². The normalized spacial score (nSPS) is 10.7. The van der Waals surface area contributed by atoms with Crippen molar-refractivity contribution < 1.29 is 33.2 Å². The Balaban J connectivity index is 0.00000147. The van der Waals surface area contributed by atoms with Gasteiger partial charge >= 0.3 is 18.9 Å². The summed E-state index contributed by atoms with van der Waals surface area (Å²) in [7, 11) is 1.68. The third-order valence-corrected chi connectivity index (χ3v) is 3.02. The van der Waals surface area contributed by atoms with Gasteiger partial charge in [0.1, 0.15) is 11.6 Å². The Morgan fingerprint density at radius 1 is 1.40 bits per heavy atom. The predicted octanol–water partition coefficient (Wildman–Crippen LogP) is -2.79. The third-order valence-electron chi connectivity index (χ3n) is 3.02. The van der Waals surface area contributed by atoms with Crippen molar-refractivity contribution in [3.63, 3.8) is 0 Å². The number of nitrogens with two attached hydrogens (primary N) is 1. The van der Waals surface area contributed by atoms with E-state index in [1.54, 1.807) is 7.05 Å². The molecule has 0 aliphatic carbocycles. The van der Waals surface area contributed by atoms with Gasteiger partial charge in [-0.3, -0.25) is 4.68 Å². The largest absolute Gasteiger partial charge is 1.00 e. The summed E-state index contributed by atoms with van der Waals surface area (Å²) in [5.74, 6) is -2.26. The van der Waals surface area contributed by atoms with E-state index in [9.17, 15) is 14.3 Å². The molecule has 6 nitrogen and oxygen atoms in total. The first kappa shape index (κ1) is 14.3. The first-order chi connectivity index (χ1) is 8.99. The molecule has 0 bridgehead atoms. The second-order valence-electron chi connectivity index (χ2n) is 4.16. The van der Waals surface area contributed by atoms with Crippen LogP contribution in [0, 0.1) is 5.82 Å². The molecule has 2 N–H and O–H groups in total. The first-order valence-electron chi connectivity index (χ1n) is 5.41. The number of fused-ring (bicyclic) bond motifs is 3. The molecule has 0 radical (unpaired) electrons. The van der Waals surface area contributed by atoms with E-state index in [2.05, 4.69) is 10.1 Å². The number of benzene rings is 1. The number of pyridine rings is 1. The van der Waals surface area contributed by atoms with E-state index in [-0.39, 0.29) is 30.2 Å². The van der Waals surface area contributed by atoms with E-state index in [0.29, 0.717) is 16.3 Å². The van der Waals surface area contributed by atoms with Gasteiger partial charge in [0.05, 0.1) is 28.6 Å². The van der Waals surface area contributed by atoms with Crippen molar-refractivity contribution in [1.29, 1.82) is 0 Å². The monoisotopic (exact) mass is 266 g/mol. The molecule has 1 aromatic carbocycles. The van der Waals surface area contributed by atoms with Crippen LogP contribution in [0.15, 0.2) is 18.3 Å². The number of carbonyl (C=O) groups is 1. The smallest absolute Gasteiger partial charge is 0.545 e. The van der Waals surface area contributed by atoms with Gasteiger partial charge in [-0.1, -0.05) is 0 Å². The maximum atomic E-state index is 13.6. The van der Waals surface area contributed by atoms with Gasteiger partial charge in [-0.05, 0) is 6.07 Å². The predicted molar refractivity (Wildman–Crippen MR) is 64.7 cm³/mol. The molecule has 0 atom stereocenters.